The number of aryl methyl sites for hydroxylation is 1. The number of carbonyl (C=O) groups is 1. The van der Waals surface area contributed by atoms with E-state index in [0.717, 1.165) is 12.0 Å². The number of hydrogen-bond donors (Lipinski definition) is 1. The van der Waals surface area contributed by atoms with Crippen LogP contribution in [0.1, 0.15) is 23.0 Å². The van der Waals surface area contributed by atoms with Gasteiger partial charge in [0.2, 0.25) is 0 Å². The van der Waals surface area contributed by atoms with E-state index >= 15 is 0 Å². The highest BCUT2D eigenvalue weighted by Crippen LogP contribution is 2.22. The normalized spacial score (nSPS) is 10.4. The number of carboxylic acid groups (broad SMARTS) is 1. The molecule has 1 aromatic carbocycles. The van der Waals surface area contributed by atoms with E-state index in [9.17, 15) is 4.79 Å². The third-order valence-electron chi connectivity index (χ3n) is 2.62. The number of halogens is 1. The van der Waals surface area contributed by atoms with E-state index in [2.05, 4.69) is 5.10 Å². The van der Waals surface area contributed by atoms with Gasteiger partial charge in [-0.25, -0.2) is 9.48 Å². The first kappa shape index (κ1) is 13.4. The van der Waals surface area contributed by atoms with E-state index in [4.69, 9.17) is 21.4 Å². The van der Waals surface area contributed by atoms with Crippen LogP contribution in [0.5, 0.6) is 5.75 Å². The lowest BCUT2D eigenvalue weighted by Crippen LogP contribution is -2.07. The van der Waals surface area contributed by atoms with Crippen LogP contribution in [0.4, 0.5) is 0 Å². The lowest BCUT2D eigenvalue weighted by molar-refractivity contribution is 0.0688. The van der Waals surface area contributed by atoms with E-state index in [1.807, 2.05) is 13.0 Å². The van der Waals surface area contributed by atoms with Gasteiger partial charge in [-0.2, -0.15) is 5.10 Å². The fourth-order valence-electron chi connectivity index (χ4n) is 1.60. The molecule has 100 valence electrons. The van der Waals surface area contributed by atoms with E-state index in [1.54, 1.807) is 18.3 Å². The molecule has 0 aliphatic carbocycles. The third-order valence-corrected chi connectivity index (χ3v) is 2.99. The summed E-state index contributed by atoms with van der Waals surface area (Å²) in [6.45, 7) is 2.16. The van der Waals surface area contributed by atoms with Gasteiger partial charge < -0.3 is 9.84 Å². The first-order valence-corrected chi connectivity index (χ1v) is 6.16. The van der Waals surface area contributed by atoms with Gasteiger partial charge in [-0.15, -0.1) is 0 Å². The summed E-state index contributed by atoms with van der Waals surface area (Å²) in [5.41, 5.74) is 1.000. The van der Waals surface area contributed by atoms with Crippen molar-refractivity contribution in [2.75, 3.05) is 0 Å². The lowest BCUT2D eigenvalue weighted by atomic mass is 10.2. The van der Waals surface area contributed by atoms with Crippen molar-refractivity contribution in [3.63, 3.8) is 0 Å². The number of nitrogens with zero attached hydrogens (tertiary/aromatic N) is 2. The molecule has 0 radical (unpaired) electrons. The van der Waals surface area contributed by atoms with Crippen LogP contribution in [-0.2, 0) is 13.2 Å². The maximum absolute atomic E-state index is 10.7. The minimum absolute atomic E-state index is 0.00560. The molecule has 0 atom stereocenters. The van der Waals surface area contributed by atoms with Crippen molar-refractivity contribution in [1.82, 2.24) is 9.78 Å². The van der Waals surface area contributed by atoms with Gasteiger partial charge in [0.1, 0.15) is 5.75 Å². The van der Waals surface area contributed by atoms with Gasteiger partial charge in [-0.3, -0.25) is 0 Å². The molecular weight excluding hydrogens is 268 g/mol. The molecule has 0 aliphatic heterocycles. The summed E-state index contributed by atoms with van der Waals surface area (Å²) in [5.74, 6) is -0.382. The Balaban J connectivity index is 2.03. The fourth-order valence-corrected chi connectivity index (χ4v) is 1.85. The summed E-state index contributed by atoms with van der Waals surface area (Å²) in [6.07, 6.45) is 2.38. The molecule has 0 saturated carbocycles. The van der Waals surface area contributed by atoms with Crippen LogP contribution in [0.3, 0.4) is 0 Å². The van der Waals surface area contributed by atoms with E-state index in [-0.39, 0.29) is 12.4 Å². The Morgan fingerprint density at radius 2 is 2.26 bits per heavy atom. The molecule has 6 heteroatoms. The highest BCUT2D eigenvalue weighted by molar-refractivity contribution is 6.31. The van der Waals surface area contributed by atoms with Crippen LogP contribution in [0.25, 0.3) is 0 Å². The molecule has 1 heterocycles. The second kappa shape index (κ2) is 5.75. The Bertz CT molecular complexity index is 595. The zero-order valence-electron chi connectivity index (χ0n) is 10.3. The van der Waals surface area contributed by atoms with Crippen molar-refractivity contribution in [3.05, 3.63) is 46.7 Å². The quantitative estimate of drug-likeness (QED) is 0.915. The smallest absolute Gasteiger partial charge is 0.356 e. The van der Waals surface area contributed by atoms with Gasteiger partial charge in [-0.1, -0.05) is 18.5 Å². The number of hydrogen-bond acceptors (Lipinski definition) is 3. The van der Waals surface area contributed by atoms with Crippen molar-refractivity contribution in [1.29, 1.82) is 0 Å². The zero-order chi connectivity index (χ0) is 13.8. The molecule has 0 amide bonds. The Kier molecular flexibility index (Phi) is 4.06. The molecule has 0 bridgehead atoms. The molecule has 0 spiro atoms. The van der Waals surface area contributed by atoms with Crippen LogP contribution < -0.4 is 4.74 Å². The number of carboxylic acids is 1. The predicted molar refractivity (Wildman–Crippen MR) is 70.6 cm³/mol. The molecule has 1 aromatic heterocycles. The van der Waals surface area contributed by atoms with Crippen molar-refractivity contribution in [3.8, 4) is 5.75 Å². The van der Waals surface area contributed by atoms with Crippen molar-refractivity contribution < 1.29 is 14.6 Å². The second-order valence-corrected chi connectivity index (χ2v) is 4.33. The largest absolute Gasteiger partial charge is 0.476 e. The number of aromatic carboxylic acids is 1. The average Bonchev–Trinajstić information content (AvgIpc) is 2.87. The van der Waals surface area contributed by atoms with Crippen LogP contribution in [0.2, 0.25) is 5.02 Å². The number of aromatic nitrogens is 2. The minimum atomic E-state index is -1.06. The summed E-state index contributed by atoms with van der Waals surface area (Å²) in [4.78, 5) is 10.7. The Morgan fingerprint density at radius 3 is 2.89 bits per heavy atom. The van der Waals surface area contributed by atoms with Crippen LogP contribution in [0.15, 0.2) is 30.5 Å². The first-order valence-electron chi connectivity index (χ1n) is 5.78. The standard InChI is InChI=1S/C13H13ClN2O3/c1-2-9-7-10(3-4-11(9)14)19-8-16-6-5-12(15-16)13(17)18/h3-7H,2,8H2,1H3,(H,17,18). The Morgan fingerprint density at radius 1 is 1.47 bits per heavy atom. The highest BCUT2D eigenvalue weighted by atomic mass is 35.5. The predicted octanol–water partition coefficient (Wildman–Crippen LogP) is 2.83. The average molecular weight is 281 g/mol. The zero-order valence-corrected chi connectivity index (χ0v) is 11.1. The van der Waals surface area contributed by atoms with Crippen LogP contribution >= 0.6 is 11.6 Å². The van der Waals surface area contributed by atoms with E-state index < -0.39 is 5.97 Å². The van der Waals surface area contributed by atoms with Gasteiger partial charge in [0.15, 0.2) is 12.4 Å². The molecule has 2 aromatic rings. The topological polar surface area (TPSA) is 64.3 Å². The Labute approximate surface area is 115 Å². The molecule has 19 heavy (non-hydrogen) atoms. The van der Waals surface area contributed by atoms with E-state index in [1.165, 1.54) is 10.7 Å². The third kappa shape index (κ3) is 3.26. The molecule has 1 N–H and O–H groups in total. The molecule has 0 saturated heterocycles. The SMILES string of the molecule is CCc1cc(OCn2ccc(C(=O)O)n2)ccc1Cl. The maximum Gasteiger partial charge on any atom is 0.356 e. The molecule has 0 aliphatic rings. The van der Waals surface area contributed by atoms with Crippen molar-refractivity contribution in [2.45, 2.75) is 20.1 Å². The number of ether oxygens (including phenoxy) is 1. The summed E-state index contributed by atoms with van der Waals surface area (Å²) >= 11 is 6.01. The maximum atomic E-state index is 10.7. The minimum Gasteiger partial charge on any atom is -0.476 e. The van der Waals surface area contributed by atoms with E-state index in [0.29, 0.717) is 10.8 Å². The summed E-state index contributed by atoms with van der Waals surface area (Å²) in [7, 11) is 0. The number of benzene rings is 1. The summed E-state index contributed by atoms with van der Waals surface area (Å²) < 4.78 is 6.95. The molecule has 2 rings (SSSR count). The van der Waals surface area contributed by atoms with Gasteiger partial charge in [-0.05, 0) is 36.2 Å². The van der Waals surface area contributed by atoms with Gasteiger partial charge in [0, 0.05) is 11.2 Å². The highest BCUT2D eigenvalue weighted by Gasteiger charge is 2.07. The van der Waals surface area contributed by atoms with Gasteiger partial charge >= 0.3 is 5.97 Å². The van der Waals surface area contributed by atoms with Gasteiger partial charge in [0.05, 0.1) is 0 Å². The molecular formula is C13H13ClN2O3. The van der Waals surface area contributed by atoms with Crippen LogP contribution in [0, 0.1) is 0 Å². The summed E-state index contributed by atoms with van der Waals surface area (Å²) in [6, 6.07) is 6.83. The van der Waals surface area contributed by atoms with Crippen molar-refractivity contribution in [2.24, 2.45) is 0 Å². The summed E-state index contributed by atoms with van der Waals surface area (Å²) in [5, 5.41) is 13.3. The van der Waals surface area contributed by atoms with Crippen LogP contribution in [-0.4, -0.2) is 20.9 Å². The fraction of sp³-hybridized carbons (Fsp3) is 0.231. The van der Waals surface area contributed by atoms with Crippen molar-refractivity contribution >= 4 is 17.6 Å². The Hall–Kier alpha value is -2.01. The molecule has 5 nitrogen and oxygen atoms in total. The number of rotatable bonds is 5. The monoisotopic (exact) mass is 280 g/mol. The first-order chi connectivity index (χ1) is 9.10. The molecule has 0 unspecified atom stereocenters. The van der Waals surface area contributed by atoms with Gasteiger partial charge in [0.25, 0.3) is 0 Å². The second-order valence-electron chi connectivity index (χ2n) is 3.93. The molecule has 0 fully saturated rings. The lowest BCUT2D eigenvalue weighted by Gasteiger charge is -2.08.